The van der Waals surface area contributed by atoms with Gasteiger partial charge in [0.15, 0.2) is 12.0 Å². The quantitative estimate of drug-likeness (QED) is 0.242. The van der Waals surface area contributed by atoms with E-state index < -0.39 is 25.7 Å². The number of carbonyl (C=O) groups excluding carboxylic acids is 1. The van der Waals surface area contributed by atoms with Gasteiger partial charge in [0.05, 0.1) is 27.6 Å². The fourth-order valence-electron chi connectivity index (χ4n) is 7.58. The van der Waals surface area contributed by atoms with Crippen molar-refractivity contribution in [3.05, 3.63) is 59.7 Å². The third-order valence-electron chi connectivity index (χ3n) is 8.87. The van der Waals surface area contributed by atoms with E-state index in [0.29, 0.717) is 28.3 Å². The Bertz CT molecular complexity index is 1980. The average Bonchev–Trinajstić information content (AvgIpc) is 3.52. The van der Waals surface area contributed by atoms with Crippen molar-refractivity contribution in [1.29, 1.82) is 0 Å². The lowest BCUT2D eigenvalue weighted by Crippen LogP contribution is -2.59. The van der Waals surface area contributed by atoms with Crippen molar-refractivity contribution in [3.8, 4) is 0 Å². The van der Waals surface area contributed by atoms with Crippen LogP contribution < -0.4 is 10.6 Å². The van der Waals surface area contributed by atoms with E-state index in [0.717, 1.165) is 32.8 Å². The number of methoxy groups -OCH3 is 1. The zero-order valence-corrected chi connectivity index (χ0v) is 22.8. The van der Waals surface area contributed by atoms with Gasteiger partial charge in [-0.3, -0.25) is 9.32 Å². The molecule has 5 heterocycles. The van der Waals surface area contributed by atoms with Gasteiger partial charge >= 0.3 is 7.82 Å². The minimum atomic E-state index is -4.96. The molecule has 1 saturated heterocycles. The fraction of sp³-hybridized carbons (Fsp3) is 0.321. The van der Waals surface area contributed by atoms with Crippen LogP contribution >= 0.6 is 7.82 Å². The van der Waals surface area contributed by atoms with Crippen molar-refractivity contribution in [2.45, 2.75) is 43.7 Å². The number of phosphoric acid groups is 1. The SMILES string of the molecule is CNC1CC2OC(C)(C1OC)n1c3ccccc3c3c4c(c5c6ccccc6n2c5c31)C(=O)NC4OP(=O)(O)O. The second-order valence-electron chi connectivity index (χ2n) is 10.8. The van der Waals surface area contributed by atoms with E-state index in [1.807, 2.05) is 62.5 Å². The van der Waals surface area contributed by atoms with Crippen LogP contribution in [0.3, 0.4) is 0 Å². The molecule has 5 atom stereocenters. The molecule has 8 rings (SSSR count). The van der Waals surface area contributed by atoms with Crippen molar-refractivity contribution >= 4 is 57.3 Å². The van der Waals surface area contributed by atoms with Gasteiger partial charge in [0.1, 0.15) is 12.3 Å². The second kappa shape index (κ2) is 7.92. The van der Waals surface area contributed by atoms with Crippen LogP contribution in [0.1, 0.15) is 41.7 Å². The summed E-state index contributed by atoms with van der Waals surface area (Å²) in [6.45, 7) is 2.02. The number of phosphoric ester groups is 1. The van der Waals surface area contributed by atoms with Gasteiger partial charge in [-0.15, -0.1) is 0 Å². The van der Waals surface area contributed by atoms with Gasteiger partial charge in [0.2, 0.25) is 0 Å². The Morgan fingerprint density at radius 3 is 2.42 bits per heavy atom. The van der Waals surface area contributed by atoms with Crippen molar-refractivity contribution in [3.63, 3.8) is 0 Å². The number of para-hydroxylation sites is 2. The van der Waals surface area contributed by atoms with Crippen LogP contribution in [0.5, 0.6) is 0 Å². The van der Waals surface area contributed by atoms with Crippen LogP contribution in [-0.4, -0.2) is 51.1 Å². The van der Waals surface area contributed by atoms with Crippen LogP contribution in [0.25, 0.3) is 43.6 Å². The first kappa shape index (κ1) is 24.5. The number of likely N-dealkylation sites (N-methyl/N-ethyl adjacent to an activating group) is 1. The number of nitrogens with one attached hydrogen (secondary N) is 2. The summed E-state index contributed by atoms with van der Waals surface area (Å²) in [7, 11) is -1.37. The predicted molar refractivity (Wildman–Crippen MR) is 148 cm³/mol. The lowest BCUT2D eigenvalue weighted by Gasteiger charge is -2.48. The number of ether oxygens (including phenoxy) is 2. The Labute approximate surface area is 227 Å². The first-order valence-corrected chi connectivity index (χ1v) is 14.7. The Balaban J connectivity index is 1.67. The number of fused-ring (bicyclic) bond motifs is 13. The van der Waals surface area contributed by atoms with E-state index in [1.165, 1.54) is 0 Å². The summed E-state index contributed by atoms with van der Waals surface area (Å²) in [5.74, 6) is -0.447. The molecule has 1 fully saturated rings. The van der Waals surface area contributed by atoms with Gasteiger partial charge in [0.25, 0.3) is 5.91 Å². The molecule has 40 heavy (non-hydrogen) atoms. The number of carbonyl (C=O) groups is 1. The lowest BCUT2D eigenvalue weighted by atomic mass is 9.93. The van der Waals surface area contributed by atoms with E-state index in [1.54, 1.807) is 7.11 Å². The van der Waals surface area contributed by atoms with E-state index in [-0.39, 0.29) is 18.4 Å². The summed E-state index contributed by atoms with van der Waals surface area (Å²) in [5, 5.41) is 9.19. The van der Waals surface area contributed by atoms with Gasteiger partial charge in [0, 0.05) is 46.7 Å². The maximum Gasteiger partial charge on any atom is 0.471 e. The van der Waals surface area contributed by atoms with Gasteiger partial charge < -0.3 is 39.0 Å². The molecule has 3 aromatic carbocycles. The minimum Gasteiger partial charge on any atom is -0.375 e. The molecule has 0 saturated carbocycles. The monoisotopic (exact) mass is 562 g/mol. The van der Waals surface area contributed by atoms with Crippen LogP contribution in [0.4, 0.5) is 0 Å². The van der Waals surface area contributed by atoms with E-state index >= 15 is 0 Å². The molecule has 2 bridgehead atoms. The molecule has 3 aliphatic rings. The summed E-state index contributed by atoms with van der Waals surface area (Å²) in [5.41, 5.74) is 3.16. The maximum absolute atomic E-state index is 13.7. The summed E-state index contributed by atoms with van der Waals surface area (Å²) in [6.07, 6.45) is -1.49. The third-order valence-corrected chi connectivity index (χ3v) is 9.36. The highest BCUT2D eigenvalue weighted by Gasteiger charge is 2.53. The zero-order valence-electron chi connectivity index (χ0n) is 21.9. The molecular weight excluding hydrogens is 535 g/mol. The van der Waals surface area contributed by atoms with Crippen LogP contribution in [-0.2, 0) is 24.3 Å². The van der Waals surface area contributed by atoms with Crippen molar-refractivity contribution in [2.75, 3.05) is 14.2 Å². The Kier molecular flexibility index (Phi) is 4.86. The van der Waals surface area contributed by atoms with Crippen molar-refractivity contribution in [1.82, 2.24) is 19.8 Å². The molecule has 0 aliphatic carbocycles. The van der Waals surface area contributed by atoms with E-state index in [9.17, 15) is 19.1 Å². The van der Waals surface area contributed by atoms with Gasteiger partial charge in [-0.2, -0.15) is 0 Å². The highest BCUT2D eigenvalue weighted by atomic mass is 31.2. The number of amides is 1. The molecule has 2 aromatic heterocycles. The fourth-order valence-corrected chi connectivity index (χ4v) is 8.01. The second-order valence-corrected chi connectivity index (χ2v) is 12.0. The average molecular weight is 563 g/mol. The Hall–Kier alpha value is -3.28. The van der Waals surface area contributed by atoms with Crippen molar-refractivity contribution in [2.24, 2.45) is 0 Å². The largest absolute Gasteiger partial charge is 0.471 e. The minimum absolute atomic E-state index is 0.0589. The number of aromatic nitrogens is 2. The van der Waals surface area contributed by atoms with Crippen LogP contribution in [0.2, 0.25) is 0 Å². The molecule has 1 amide bonds. The first-order chi connectivity index (χ1) is 19.2. The third kappa shape index (κ3) is 2.90. The number of benzene rings is 3. The summed E-state index contributed by atoms with van der Waals surface area (Å²) in [4.78, 5) is 33.3. The van der Waals surface area contributed by atoms with Gasteiger partial charge in [-0.25, -0.2) is 4.57 Å². The highest BCUT2D eigenvalue weighted by molar-refractivity contribution is 7.46. The van der Waals surface area contributed by atoms with Crippen LogP contribution in [0.15, 0.2) is 48.5 Å². The number of nitrogens with zero attached hydrogens (tertiary/aromatic N) is 2. The van der Waals surface area contributed by atoms with Gasteiger partial charge in [-0.05, 0) is 26.1 Å². The molecule has 4 N–H and O–H groups in total. The van der Waals surface area contributed by atoms with E-state index in [2.05, 4.69) is 19.8 Å². The normalized spacial score (nSPS) is 27.7. The maximum atomic E-state index is 13.7. The van der Waals surface area contributed by atoms with Crippen LogP contribution in [0, 0.1) is 0 Å². The summed E-state index contributed by atoms with van der Waals surface area (Å²) >= 11 is 0. The van der Waals surface area contributed by atoms with Gasteiger partial charge in [-0.1, -0.05) is 36.4 Å². The Morgan fingerprint density at radius 1 is 1.07 bits per heavy atom. The van der Waals surface area contributed by atoms with E-state index in [4.69, 9.17) is 14.0 Å². The number of hydrogen-bond acceptors (Lipinski definition) is 6. The number of hydrogen-bond donors (Lipinski definition) is 4. The molecule has 11 nitrogen and oxygen atoms in total. The standard InChI is InChI=1S/C28H27N4O7P/c1-28-25(37-3)15(29-2)12-18(38-28)31-16-10-6-4-8-13(16)19-21-22(27(30-26(21)33)39-40(34,35)36)20-14-9-5-7-11-17(14)32(28)24(20)23(19)31/h4-11,15,18,25,27,29H,12H2,1-3H3,(H,30,33)(H2,34,35,36). The highest BCUT2D eigenvalue weighted by Crippen LogP contribution is 2.56. The Morgan fingerprint density at radius 2 is 1.75 bits per heavy atom. The molecule has 0 radical (unpaired) electrons. The van der Waals surface area contributed by atoms with Crippen molar-refractivity contribution < 1.29 is 33.1 Å². The summed E-state index contributed by atoms with van der Waals surface area (Å²) < 4.78 is 34.8. The predicted octanol–water partition coefficient (Wildman–Crippen LogP) is 3.96. The molecule has 12 heteroatoms. The molecule has 3 aliphatic heterocycles. The molecule has 5 aromatic rings. The molecule has 5 unspecified atom stereocenters. The topological polar surface area (TPSA) is 136 Å². The summed E-state index contributed by atoms with van der Waals surface area (Å²) in [6, 6.07) is 15.6. The molecular formula is C28H27N4O7P. The number of rotatable bonds is 4. The first-order valence-electron chi connectivity index (χ1n) is 13.1. The zero-order chi connectivity index (χ0) is 27.7. The molecule has 0 spiro atoms. The smallest absolute Gasteiger partial charge is 0.375 e. The lowest BCUT2D eigenvalue weighted by molar-refractivity contribution is -0.256. The molecule has 206 valence electrons.